The Bertz CT molecular complexity index is 416. The van der Waals surface area contributed by atoms with Gasteiger partial charge in [-0.05, 0) is 41.5 Å². The van der Waals surface area contributed by atoms with E-state index in [0.717, 1.165) is 4.90 Å². The standard InChI is InChI=1S/C14H26N2O6/c1-7-16(8(2)12(19)20)11(18)10(9(3)17)15-13(21)22-14(4,5)6/h8-10,17H,7H2,1-6H3,(H,15,21)(H,19,20)/t8-,9+,10-/m1/s1. The maximum absolute atomic E-state index is 12.4. The predicted molar refractivity (Wildman–Crippen MR) is 79.3 cm³/mol. The predicted octanol–water partition coefficient (Wildman–Crippen LogP) is 0.582. The van der Waals surface area contributed by atoms with Gasteiger partial charge in [-0.2, -0.15) is 0 Å². The number of likely N-dealkylation sites (N-methyl/N-ethyl adjacent to an activating group) is 1. The van der Waals surface area contributed by atoms with E-state index < -0.39 is 41.8 Å². The van der Waals surface area contributed by atoms with E-state index in [1.807, 2.05) is 0 Å². The lowest BCUT2D eigenvalue weighted by Crippen LogP contribution is -2.57. The zero-order chi connectivity index (χ0) is 17.7. The van der Waals surface area contributed by atoms with Gasteiger partial charge < -0.3 is 25.2 Å². The first-order valence-corrected chi connectivity index (χ1v) is 7.11. The quantitative estimate of drug-likeness (QED) is 0.660. The molecule has 0 aromatic heterocycles. The molecule has 8 nitrogen and oxygen atoms in total. The molecule has 0 aliphatic rings. The Morgan fingerprint density at radius 3 is 2.05 bits per heavy atom. The fourth-order valence-corrected chi connectivity index (χ4v) is 1.76. The lowest BCUT2D eigenvalue weighted by atomic mass is 10.1. The van der Waals surface area contributed by atoms with E-state index in [1.54, 1.807) is 27.7 Å². The zero-order valence-electron chi connectivity index (χ0n) is 13.9. The average Bonchev–Trinajstić information content (AvgIpc) is 2.33. The number of aliphatic hydroxyl groups is 1. The molecule has 3 N–H and O–H groups in total. The minimum absolute atomic E-state index is 0.130. The van der Waals surface area contributed by atoms with E-state index >= 15 is 0 Å². The normalized spacial score (nSPS) is 15.4. The number of nitrogens with zero attached hydrogens (tertiary/aromatic N) is 1. The number of carbonyl (C=O) groups is 3. The van der Waals surface area contributed by atoms with Gasteiger partial charge in [0.2, 0.25) is 5.91 Å². The number of aliphatic carboxylic acids is 1. The van der Waals surface area contributed by atoms with Crippen LogP contribution in [0.2, 0.25) is 0 Å². The molecule has 2 amide bonds. The molecule has 0 aliphatic carbocycles. The fourth-order valence-electron chi connectivity index (χ4n) is 1.76. The molecule has 0 aromatic carbocycles. The van der Waals surface area contributed by atoms with Crippen LogP contribution in [0.4, 0.5) is 4.79 Å². The molecule has 0 fully saturated rings. The highest BCUT2D eigenvalue weighted by Crippen LogP contribution is 2.10. The van der Waals surface area contributed by atoms with E-state index in [9.17, 15) is 19.5 Å². The van der Waals surface area contributed by atoms with Crippen LogP contribution >= 0.6 is 0 Å². The Kier molecular flexibility index (Phi) is 7.31. The molecule has 0 saturated carbocycles. The first-order chi connectivity index (χ1) is 9.90. The number of hydrogen-bond donors (Lipinski definition) is 3. The van der Waals surface area contributed by atoms with Crippen molar-refractivity contribution in [2.24, 2.45) is 0 Å². The van der Waals surface area contributed by atoms with Crippen LogP contribution in [-0.4, -0.2) is 63.4 Å². The molecule has 0 saturated heterocycles. The van der Waals surface area contributed by atoms with Crippen molar-refractivity contribution in [2.45, 2.75) is 65.3 Å². The van der Waals surface area contributed by atoms with Crippen molar-refractivity contribution in [3.05, 3.63) is 0 Å². The molecule has 0 heterocycles. The van der Waals surface area contributed by atoms with Gasteiger partial charge in [-0.1, -0.05) is 0 Å². The van der Waals surface area contributed by atoms with Crippen LogP contribution in [0.15, 0.2) is 0 Å². The summed E-state index contributed by atoms with van der Waals surface area (Å²) < 4.78 is 5.04. The van der Waals surface area contributed by atoms with Gasteiger partial charge in [-0.3, -0.25) is 4.79 Å². The smallest absolute Gasteiger partial charge is 0.408 e. The van der Waals surface area contributed by atoms with Gasteiger partial charge >= 0.3 is 12.1 Å². The number of carbonyl (C=O) groups excluding carboxylic acids is 2. The van der Waals surface area contributed by atoms with Gasteiger partial charge in [0.1, 0.15) is 17.7 Å². The second-order valence-electron chi connectivity index (χ2n) is 6.00. The summed E-state index contributed by atoms with van der Waals surface area (Å²) in [5.74, 6) is -1.85. The summed E-state index contributed by atoms with van der Waals surface area (Å²) in [5.41, 5.74) is -0.755. The summed E-state index contributed by atoms with van der Waals surface area (Å²) in [6, 6.07) is -2.35. The molecule has 0 aliphatic heterocycles. The van der Waals surface area contributed by atoms with E-state index in [1.165, 1.54) is 13.8 Å². The van der Waals surface area contributed by atoms with E-state index in [4.69, 9.17) is 9.84 Å². The molecule has 0 spiro atoms. The fraction of sp³-hybridized carbons (Fsp3) is 0.786. The van der Waals surface area contributed by atoms with Gasteiger partial charge in [-0.15, -0.1) is 0 Å². The number of nitrogens with one attached hydrogen (secondary N) is 1. The molecule has 0 unspecified atom stereocenters. The molecule has 0 bridgehead atoms. The molecule has 128 valence electrons. The molecular formula is C14H26N2O6. The largest absolute Gasteiger partial charge is 0.480 e. The van der Waals surface area contributed by atoms with Gasteiger partial charge in [0, 0.05) is 6.54 Å². The topological polar surface area (TPSA) is 116 Å². The first-order valence-electron chi connectivity index (χ1n) is 7.11. The summed E-state index contributed by atoms with van der Waals surface area (Å²) in [6.07, 6.45) is -2.05. The van der Waals surface area contributed by atoms with Crippen LogP contribution in [0.1, 0.15) is 41.5 Å². The lowest BCUT2D eigenvalue weighted by molar-refractivity contribution is -0.151. The average molecular weight is 318 g/mol. The van der Waals surface area contributed by atoms with Crippen LogP contribution in [0.25, 0.3) is 0 Å². The summed E-state index contributed by atoms with van der Waals surface area (Å²) in [7, 11) is 0. The molecule has 0 radical (unpaired) electrons. The number of hydrogen-bond acceptors (Lipinski definition) is 5. The molecular weight excluding hydrogens is 292 g/mol. The highest BCUT2D eigenvalue weighted by atomic mass is 16.6. The van der Waals surface area contributed by atoms with Gasteiger partial charge in [0.25, 0.3) is 0 Å². The Balaban J connectivity index is 5.12. The third-order valence-corrected chi connectivity index (χ3v) is 2.87. The molecule has 3 atom stereocenters. The number of carboxylic acids is 1. The number of rotatable bonds is 6. The maximum atomic E-state index is 12.4. The van der Waals surface area contributed by atoms with Crippen molar-refractivity contribution in [1.29, 1.82) is 0 Å². The molecule has 8 heteroatoms. The van der Waals surface area contributed by atoms with Gasteiger partial charge in [0.15, 0.2) is 0 Å². The Morgan fingerprint density at radius 1 is 1.23 bits per heavy atom. The minimum Gasteiger partial charge on any atom is -0.480 e. The van der Waals surface area contributed by atoms with Gasteiger partial charge in [-0.25, -0.2) is 9.59 Å². The van der Waals surface area contributed by atoms with Crippen molar-refractivity contribution in [2.75, 3.05) is 6.54 Å². The Morgan fingerprint density at radius 2 is 1.73 bits per heavy atom. The summed E-state index contributed by atoms with van der Waals surface area (Å²) >= 11 is 0. The van der Waals surface area contributed by atoms with Crippen molar-refractivity contribution >= 4 is 18.0 Å². The summed E-state index contributed by atoms with van der Waals surface area (Å²) in [6.45, 7) is 9.43. The van der Waals surface area contributed by atoms with Crippen LogP contribution in [0.3, 0.4) is 0 Å². The molecule has 0 rings (SSSR count). The number of amides is 2. The number of carboxylic acid groups (broad SMARTS) is 1. The summed E-state index contributed by atoms with van der Waals surface area (Å²) in [4.78, 5) is 36.3. The molecule has 0 aromatic rings. The number of ether oxygens (including phenoxy) is 1. The number of alkyl carbamates (subject to hydrolysis) is 1. The van der Waals surface area contributed by atoms with Crippen LogP contribution in [0.5, 0.6) is 0 Å². The lowest BCUT2D eigenvalue weighted by Gasteiger charge is -2.31. The third kappa shape index (κ3) is 6.30. The number of aliphatic hydroxyl groups excluding tert-OH is 1. The first kappa shape index (κ1) is 20.2. The highest BCUT2D eigenvalue weighted by molar-refractivity contribution is 5.89. The van der Waals surface area contributed by atoms with E-state index in [-0.39, 0.29) is 6.54 Å². The van der Waals surface area contributed by atoms with Crippen molar-refractivity contribution in [1.82, 2.24) is 10.2 Å². The Labute approximate surface area is 130 Å². The van der Waals surface area contributed by atoms with Crippen molar-refractivity contribution < 1.29 is 29.3 Å². The van der Waals surface area contributed by atoms with E-state index in [2.05, 4.69) is 5.32 Å². The molecule has 22 heavy (non-hydrogen) atoms. The second-order valence-corrected chi connectivity index (χ2v) is 6.00. The summed E-state index contributed by atoms with van der Waals surface area (Å²) in [5, 5.41) is 21.0. The monoisotopic (exact) mass is 318 g/mol. The minimum atomic E-state index is -1.28. The highest BCUT2D eigenvalue weighted by Gasteiger charge is 2.34. The SMILES string of the molecule is CCN(C(=O)[C@H](NC(=O)OC(C)(C)C)[C@H](C)O)[C@H](C)C(=O)O. The van der Waals surface area contributed by atoms with Crippen LogP contribution in [-0.2, 0) is 14.3 Å². The maximum Gasteiger partial charge on any atom is 0.408 e. The van der Waals surface area contributed by atoms with Gasteiger partial charge in [0.05, 0.1) is 6.10 Å². The zero-order valence-corrected chi connectivity index (χ0v) is 13.9. The van der Waals surface area contributed by atoms with Crippen LogP contribution in [0, 0.1) is 0 Å². The van der Waals surface area contributed by atoms with Crippen LogP contribution < -0.4 is 5.32 Å². The second kappa shape index (κ2) is 7.98. The third-order valence-electron chi connectivity index (χ3n) is 2.87. The van der Waals surface area contributed by atoms with Crippen molar-refractivity contribution in [3.63, 3.8) is 0 Å². The Hall–Kier alpha value is -1.83. The van der Waals surface area contributed by atoms with Crippen molar-refractivity contribution in [3.8, 4) is 0 Å². The van der Waals surface area contributed by atoms with E-state index in [0.29, 0.717) is 0 Å².